The minimum atomic E-state index is -3.50. The second-order valence-corrected chi connectivity index (χ2v) is 7.62. The molecular weight excluding hydrogens is 367 g/mol. The van der Waals surface area contributed by atoms with E-state index in [2.05, 4.69) is 10.3 Å². The van der Waals surface area contributed by atoms with Crippen LogP contribution in [0.4, 0.5) is 5.69 Å². The molecule has 1 atom stereocenters. The number of benzene rings is 1. The minimum Gasteiger partial charge on any atom is -0.462 e. The first-order chi connectivity index (χ1) is 13.0. The molecule has 2 aromatic rings. The maximum Gasteiger partial charge on any atom is 0.357 e. The summed E-state index contributed by atoms with van der Waals surface area (Å²) in [5, 5.41) is 3.20. The molecule has 8 heteroatoms. The fraction of sp³-hybridized carbons (Fsp3) is 0.368. The van der Waals surface area contributed by atoms with Crippen molar-refractivity contribution in [2.45, 2.75) is 26.6 Å². The van der Waals surface area contributed by atoms with Crippen LogP contribution in [-0.4, -0.2) is 30.8 Å². The zero-order valence-electron chi connectivity index (χ0n) is 15.8. The number of aromatic nitrogens is 1. The molecule has 1 aromatic carbocycles. The summed E-state index contributed by atoms with van der Waals surface area (Å²) in [6.07, 6.45) is 3.26. The first kappa shape index (κ1) is 21.1. The summed E-state index contributed by atoms with van der Waals surface area (Å²) >= 11 is 0. The second kappa shape index (κ2) is 10.2. The lowest BCUT2D eigenvalue weighted by atomic mass is 10.2. The summed E-state index contributed by atoms with van der Waals surface area (Å²) in [5.74, 6) is -1.12. The average Bonchev–Trinajstić information content (AvgIpc) is 2.68. The summed E-state index contributed by atoms with van der Waals surface area (Å²) in [7, 11) is -3.50. The predicted molar refractivity (Wildman–Crippen MR) is 104 cm³/mol. The molecule has 27 heavy (non-hydrogen) atoms. The first-order valence-corrected chi connectivity index (χ1v) is 10.5. The molecule has 0 aliphatic heterocycles. The molecule has 0 aliphatic carbocycles. The topological polar surface area (TPSA) is 86.8 Å². The van der Waals surface area contributed by atoms with Gasteiger partial charge in [-0.1, -0.05) is 6.07 Å². The molecule has 146 valence electrons. The standard InChI is InChI=1S/C19H25N2O5P/c1-4-24-19(22)15-9-11-17(12-10-15)21-18(16-8-7-13-20-14-16)27(23,25-5-2)26-6-3/h7-14,18,21H,4-6H2,1-3H3. The van der Waals surface area contributed by atoms with Crippen molar-refractivity contribution in [1.29, 1.82) is 0 Å². The van der Waals surface area contributed by atoms with Crippen LogP contribution in [0.25, 0.3) is 0 Å². The molecule has 0 amide bonds. The van der Waals surface area contributed by atoms with Gasteiger partial charge in [0.25, 0.3) is 0 Å². The Labute approximate surface area is 159 Å². The lowest BCUT2D eigenvalue weighted by molar-refractivity contribution is 0.0526. The highest BCUT2D eigenvalue weighted by Crippen LogP contribution is 2.60. The van der Waals surface area contributed by atoms with Gasteiger partial charge in [-0.05, 0) is 51.1 Å². The van der Waals surface area contributed by atoms with Crippen molar-refractivity contribution >= 4 is 19.3 Å². The Morgan fingerprint density at radius 3 is 2.26 bits per heavy atom. The molecule has 0 fully saturated rings. The van der Waals surface area contributed by atoms with Gasteiger partial charge in [0.15, 0.2) is 5.78 Å². The van der Waals surface area contributed by atoms with Crippen molar-refractivity contribution in [1.82, 2.24) is 4.98 Å². The number of esters is 1. The van der Waals surface area contributed by atoms with E-state index in [1.807, 2.05) is 6.07 Å². The number of carbonyl (C=O) groups excluding carboxylic acids is 1. The molecular formula is C19H25N2O5P. The number of pyridine rings is 1. The van der Waals surface area contributed by atoms with Crippen LogP contribution in [0.5, 0.6) is 0 Å². The van der Waals surface area contributed by atoms with E-state index in [4.69, 9.17) is 13.8 Å². The van der Waals surface area contributed by atoms with Crippen LogP contribution in [0.3, 0.4) is 0 Å². The van der Waals surface area contributed by atoms with Crippen molar-refractivity contribution in [2.24, 2.45) is 0 Å². The average molecular weight is 392 g/mol. The molecule has 7 nitrogen and oxygen atoms in total. The van der Waals surface area contributed by atoms with Crippen molar-refractivity contribution in [3.05, 3.63) is 59.9 Å². The first-order valence-electron chi connectivity index (χ1n) is 8.86. The zero-order chi connectivity index (χ0) is 19.7. The summed E-state index contributed by atoms with van der Waals surface area (Å²) < 4.78 is 29.4. The van der Waals surface area contributed by atoms with Crippen molar-refractivity contribution in [2.75, 3.05) is 25.1 Å². The van der Waals surface area contributed by atoms with E-state index in [1.165, 1.54) is 0 Å². The molecule has 2 rings (SSSR count). The highest BCUT2D eigenvalue weighted by atomic mass is 31.2. The normalized spacial score (nSPS) is 12.4. The summed E-state index contributed by atoms with van der Waals surface area (Å²) in [6.45, 7) is 6.09. The largest absolute Gasteiger partial charge is 0.462 e. The lowest BCUT2D eigenvalue weighted by Crippen LogP contribution is -2.15. The van der Waals surface area contributed by atoms with Crippen LogP contribution in [0.1, 0.15) is 42.5 Å². The van der Waals surface area contributed by atoms with Crippen molar-refractivity contribution in [3.63, 3.8) is 0 Å². The van der Waals surface area contributed by atoms with Gasteiger partial charge in [-0.3, -0.25) is 9.55 Å². The van der Waals surface area contributed by atoms with E-state index < -0.39 is 13.4 Å². The van der Waals surface area contributed by atoms with Gasteiger partial charge < -0.3 is 19.1 Å². The van der Waals surface area contributed by atoms with Crippen LogP contribution in [-0.2, 0) is 18.3 Å². The Hall–Kier alpha value is -2.21. The smallest absolute Gasteiger partial charge is 0.357 e. The second-order valence-electron chi connectivity index (χ2n) is 5.51. The van der Waals surface area contributed by atoms with E-state index in [1.54, 1.807) is 63.5 Å². The van der Waals surface area contributed by atoms with Gasteiger partial charge in [-0.15, -0.1) is 0 Å². The number of anilines is 1. The van der Waals surface area contributed by atoms with Gasteiger partial charge in [0.1, 0.15) is 0 Å². The number of hydrogen-bond donors (Lipinski definition) is 1. The number of carbonyl (C=O) groups is 1. The highest BCUT2D eigenvalue weighted by Gasteiger charge is 2.37. The minimum absolute atomic E-state index is 0.248. The molecule has 0 bridgehead atoms. The number of rotatable bonds is 10. The van der Waals surface area contributed by atoms with Gasteiger partial charge in [0, 0.05) is 23.6 Å². The quantitative estimate of drug-likeness (QED) is 0.466. The third-order valence-electron chi connectivity index (χ3n) is 3.63. The van der Waals surface area contributed by atoms with E-state index in [0.29, 0.717) is 23.4 Å². The van der Waals surface area contributed by atoms with E-state index in [0.717, 1.165) is 0 Å². The zero-order valence-corrected chi connectivity index (χ0v) is 16.6. The number of nitrogens with zero attached hydrogens (tertiary/aromatic N) is 1. The molecule has 1 aromatic heterocycles. The van der Waals surface area contributed by atoms with Gasteiger partial charge in [-0.25, -0.2) is 4.79 Å². The monoisotopic (exact) mass is 392 g/mol. The Bertz CT molecular complexity index is 757. The number of nitrogens with one attached hydrogen (secondary N) is 1. The van der Waals surface area contributed by atoms with Crippen LogP contribution in [0.2, 0.25) is 0 Å². The molecule has 1 heterocycles. The third kappa shape index (κ3) is 5.63. The fourth-order valence-corrected chi connectivity index (χ4v) is 4.42. The maximum absolute atomic E-state index is 13.4. The highest BCUT2D eigenvalue weighted by molar-refractivity contribution is 7.54. The molecule has 0 aliphatic rings. The summed E-state index contributed by atoms with van der Waals surface area (Å²) in [4.78, 5) is 15.9. The Kier molecular flexibility index (Phi) is 7.98. The summed E-state index contributed by atoms with van der Waals surface area (Å²) in [5.41, 5.74) is 1.78. The molecule has 1 N–H and O–H groups in total. The maximum atomic E-state index is 13.4. The van der Waals surface area contributed by atoms with E-state index in [-0.39, 0.29) is 19.2 Å². The van der Waals surface area contributed by atoms with Crippen molar-refractivity contribution < 1.29 is 23.1 Å². The Morgan fingerprint density at radius 1 is 1.07 bits per heavy atom. The lowest BCUT2D eigenvalue weighted by Gasteiger charge is -2.28. The molecule has 0 spiro atoms. The van der Waals surface area contributed by atoms with E-state index >= 15 is 0 Å². The molecule has 0 saturated carbocycles. The molecule has 1 unspecified atom stereocenters. The Balaban J connectivity index is 2.32. The number of ether oxygens (including phenoxy) is 1. The van der Waals surface area contributed by atoms with Gasteiger partial charge in [0.2, 0.25) is 0 Å². The van der Waals surface area contributed by atoms with E-state index in [9.17, 15) is 9.36 Å². The van der Waals surface area contributed by atoms with Gasteiger partial charge >= 0.3 is 13.6 Å². The summed E-state index contributed by atoms with van der Waals surface area (Å²) in [6, 6.07) is 10.3. The van der Waals surface area contributed by atoms with Crippen LogP contribution in [0, 0.1) is 0 Å². The molecule has 0 saturated heterocycles. The van der Waals surface area contributed by atoms with Crippen LogP contribution < -0.4 is 5.32 Å². The third-order valence-corrected chi connectivity index (χ3v) is 5.93. The van der Waals surface area contributed by atoms with Gasteiger partial charge in [0.05, 0.1) is 25.4 Å². The van der Waals surface area contributed by atoms with Crippen molar-refractivity contribution in [3.8, 4) is 0 Å². The van der Waals surface area contributed by atoms with Crippen LogP contribution >= 0.6 is 7.60 Å². The van der Waals surface area contributed by atoms with Gasteiger partial charge in [-0.2, -0.15) is 0 Å². The fourth-order valence-electron chi connectivity index (χ4n) is 2.50. The SMILES string of the molecule is CCOC(=O)c1ccc(NC(c2cccnc2)P(=O)(OCC)OCC)cc1. The molecule has 0 radical (unpaired) electrons. The number of hydrogen-bond acceptors (Lipinski definition) is 7. The predicted octanol–water partition coefficient (Wildman–Crippen LogP) is 4.64. The van der Waals surface area contributed by atoms with Crippen LogP contribution in [0.15, 0.2) is 48.8 Å². The Morgan fingerprint density at radius 2 is 1.74 bits per heavy atom.